The molecule has 0 saturated heterocycles. The van der Waals surface area contributed by atoms with Crippen molar-refractivity contribution in [1.29, 1.82) is 5.26 Å². The van der Waals surface area contributed by atoms with Crippen molar-refractivity contribution in [2.45, 2.75) is 32.7 Å². The van der Waals surface area contributed by atoms with Crippen molar-refractivity contribution >= 4 is 11.5 Å². The minimum absolute atomic E-state index is 0.0351. The number of nitrogen functional groups attached to an aromatic ring is 1. The Balaban J connectivity index is 3.16. The monoisotopic (exact) mass is 248 g/mol. The molecule has 18 heavy (non-hydrogen) atoms. The molecule has 5 heteroatoms. The molecule has 1 heterocycles. The zero-order valence-electron chi connectivity index (χ0n) is 10.9. The Morgan fingerprint density at radius 3 is 2.67 bits per heavy atom. The summed E-state index contributed by atoms with van der Waals surface area (Å²) in [5.74, 6) is 0.606. The van der Waals surface area contributed by atoms with Gasteiger partial charge in [-0.25, -0.2) is 4.98 Å². The molecular weight excluding hydrogens is 228 g/mol. The van der Waals surface area contributed by atoms with E-state index in [-0.39, 0.29) is 12.6 Å². The molecule has 1 aromatic heterocycles. The Bertz CT molecular complexity index is 423. The van der Waals surface area contributed by atoms with Crippen LogP contribution in [0.1, 0.15) is 32.3 Å². The minimum atomic E-state index is 0.0351. The van der Waals surface area contributed by atoms with Gasteiger partial charge in [0.1, 0.15) is 11.9 Å². The van der Waals surface area contributed by atoms with Crippen molar-refractivity contribution in [2.24, 2.45) is 0 Å². The number of hydrogen-bond acceptors (Lipinski definition) is 5. The van der Waals surface area contributed by atoms with Crippen molar-refractivity contribution in [3.63, 3.8) is 0 Å². The number of nitrogens with zero attached hydrogens (tertiary/aromatic N) is 3. The highest BCUT2D eigenvalue weighted by Gasteiger charge is 2.19. The van der Waals surface area contributed by atoms with Crippen LogP contribution in [0.2, 0.25) is 0 Å². The van der Waals surface area contributed by atoms with E-state index in [4.69, 9.17) is 11.0 Å². The fourth-order valence-electron chi connectivity index (χ4n) is 2.08. The van der Waals surface area contributed by atoms with Crippen molar-refractivity contribution in [2.75, 3.05) is 23.8 Å². The number of aliphatic hydroxyl groups excluding tert-OH is 1. The van der Waals surface area contributed by atoms with Crippen LogP contribution < -0.4 is 10.6 Å². The van der Waals surface area contributed by atoms with Crippen LogP contribution >= 0.6 is 0 Å². The van der Waals surface area contributed by atoms with Gasteiger partial charge in [0.2, 0.25) is 0 Å². The topological polar surface area (TPSA) is 86.2 Å². The van der Waals surface area contributed by atoms with E-state index in [1.807, 2.05) is 4.90 Å². The fraction of sp³-hybridized carbons (Fsp3) is 0.538. The summed E-state index contributed by atoms with van der Waals surface area (Å²) in [5, 5.41) is 18.3. The van der Waals surface area contributed by atoms with Gasteiger partial charge in [0.25, 0.3) is 0 Å². The Kier molecular flexibility index (Phi) is 5.40. The lowest BCUT2D eigenvalue weighted by molar-refractivity contribution is 0.295. The average Bonchev–Trinajstić information content (AvgIpc) is 2.39. The van der Waals surface area contributed by atoms with Gasteiger partial charge in [0, 0.05) is 12.6 Å². The predicted molar refractivity (Wildman–Crippen MR) is 72.2 cm³/mol. The second-order valence-electron chi connectivity index (χ2n) is 4.14. The van der Waals surface area contributed by atoms with E-state index in [9.17, 15) is 5.11 Å². The molecule has 5 nitrogen and oxygen atoms in total. The first-order valence-corrected chi connectivity index (χ1v) is 6.21. The summed E-state index contributed by atoms with van der Waals surface area (Å²) >= 11 is 0. The lowest BCUT2D eigenvalue weighted by Crippen LogP contribution is -2.38. The summed E-state index contributed by atoms with van der Waals surface area (Å²) in [7, 11) is 0. The summed E-state index contributed by atoms with van der Waals surface area (Å²) in [6.07, 6.45) is 3.42. The molecule has 1 rings (SSSR count). The smallest absolute Gasteiger partial charge is 0.146 e. The van der Waals surface area contributed by atoms with Crippen LogP contribution in [0, 0.1) is 11.3 Å². The van der Waals surface area contributed by atoms with Gasteiger partial charge < -0.3 is 15.7 Å². The van der Waals surface area contributed by atoms with Gasteiger partial charge in [-0.15, -0.1) is 0 Å². The number of anilines is 2. The second kappa shape index (κ2) is 6.82. The van der Waals surface area contributed by atoms with E-state index in [1.54, 1.807) is 12.3 Å². The summed E-state index contributed by atoms with van der Waals surface area (Å²) in [5.41, 5.74) is 6.57. The van der Waals surface area contributed by atoms with Crippen molar-refractivity contribution in [3.8, 4) is 6.07 Å². The van der Waals surface area contributed by atoms with Crippen LogP contribution in [0.15, 0.2) is 12.3 Å². The van der Waals surface area contributed by atoms with E-state index < -0.39 is 0 Å². The molecule has 0 bridgehead atoms. The molecule has 0 atom stereocenters. The highest BCUT2D eigenvalue weighted by molar-refractivity contribution is 5.59. The third-order valence-electron chi connectivity index (χ3n) is 3.00. The normalized spacial score (nSPS) is 10.4. The maximum absolute atomic E-state index is 9.18. The van der Waals surface area contributed by atoms with Crippen LogP contribution in [0.3, 0.4) is 0 Å². The van der Waals surface area contributed by atoms with Gasteiger partial charge in [-0.05, 0) is 18.9 Å². The molecule has 0 saturated carbocycles. The van der Waals surface area contributed by atoms with Gasteiger partial charge >= 0.3 is 0 Å². The van der Waals surface area contributed by atoms with Crippen LogP contribution in [0.5, 0.6) is 0 Å². The van der Waals surface area contributed by atoms with Crippen molar-refractivity contribution in [1.82, 2.24) is 4.98 Å². The largest absolute Gasteiger partial charge is 0.397 e. The average molecular weight is 248 g/mol. The SMILES string of the molecule is CCC(CC)N(CCO)c1ncc(N)cc1C#N. The summed E-state index contributed by atoms with van der Waals surface area (Å²) in [6, 6.07) is 4.00. The third-order valence-corrected chi connectivity index (χ3v) is 3.00. The number of aromatic nitrogens is 1. The number of rotatable bonds is 6. The standard InChI is InChI=1S/C13H20N4O/c1-3-12(4-2)17(5-6-18)13-10(8-14)7-11(15)9-16-13/h7,9,12,18H,3-6,15H2,1-2H3. The van der Waals surface area contributed by atoms with E-state index in [0.29, 0.717) is 23.6 Å². The van der Waals surface area contributed by atoms with Gasteiger partial charge in [-0.1, -0.05) is 13.8 Å². The van der Waals surface area contributed by atoms with Gasteiger partial charge in [0.15, 0.2) is 0 Å². The van der Waals surface area contributed by atoms with Crippen LogP contribution in [0.4, 0.5) is 11.5 Å². The molecule has 0 unspecified atom stereocenters. The van der Waals surface area contributed by atoms with Crippen LogP contribution in [0.25, 0.3) is 0 Å². The molecule has 0 aliphatic heterocycles. The maximum Gasteiger partial charge on any atom is 0.146 e. The Labute approximate surface area is 108 Å². The minimum Gasteiger partial charge on any atom is -0.397 e. The first-order valence-electron chi connectivity index (χ1n) is 6.21. The molecule has 1 aromatic rings. The van der Waals surface area contributed by atoms with Crippen molar-refractivity contribution < 1.29 is 5.11 Å². The second-order valence-corrected chi connectivity index (χ2v) is 4.14. The Morgan fingerprint density at radius 2 is 2.17 bits per heavy atom. The molecule has 0 aliphatic rings. The first-order chi connectivity index (χ1) is 8.67. The lowest BCUT2D eigenvalue weighted by Gasteiger charge is -2.31. The molecule has 0 spiro atoms. The molecule has 0 amide bonds. The van der Waals surface area contributed by atoms with Crippen LogP contribution in [-0.4, -0.2) is 29.3 Å². The number of aliphatic hydroxyl groups is 1. The molecule has 0 fully saturated rings. The zero-order chi connectivity index (χ0) is 13.5. The van der Waals surface area contributed by atoms with Crippen molar-refractivity contribution in [3.05, 3.63) is 17.8 Å². The highest BCUT2D eigenvalue weighted by atomic mass is 16.3. The van der Waals surface area contributed by atoms with Gasteiger partial charge in [-0.2, -0.15) is 5.26 Å². The highest BCUT2D eigenvalue weighted by Crippen LogP contribution is 2.23. The quantitative estimate of drug-likeness (QED) is 0.797. The number of pyridine rings is 1. The lowest BCUT2D eigenvalue weighted by atomic mass is 10.1. The summed E-state index contributed by atoms with van der Waals surface area (Å²) < 4.78 is 0. The molecule has 0 aliphatic carbocycles. The summed E-state index contributed by atoms with van der Waals surface area (Å²) in [4.78, 5) is 6.24. The van der Waals surface area contributed by atoms with E-state index in [1.165, 1.54) is 0 Å². The van der Waals surface area contributed by atoms with Crippen LogP contribution in [-0.2, 0) is 0 Å². The third kappa shape index (κ3) is 3.11. The fourth-order valence-corrected chi connectivity index (χ4v) is 2.08. The van der Waals surface area contributed by atoms with Gasteiger partial charge in [-0.3, -0.25) is 0 Å². The van der Waals surface area contributed by atoms with E-state index >= 15 is 0 Å². The molecule has 98 valence electrons. The van der Waals surface area contributed by atoms with E-state index in [0.717, 1.165) is 12.8 Å². The predicted octanol–water partition coefficient (Wildman–Crippen LogP) is 1.52. The number of nitriles is 1. The Morgan fingerprint density at radius 1 is 1.50 bits per heavy atom. The van der Waals surface area contributed by atoms with E-state index in [2.05, 4.69) is 24.9 Å². The number of hydrogen-bond donors (Lipinski definition) is 2. The Hall–Kier alpha value is -1.80. The first kappa shape index (κ1) is 14.3. The zero-order valence-corrected chi connectivity index (χ0v) is 10.9. The molecule has 3 N–H and O–H groups in total. The maximum atomic E-state index is 9.18. The molecule has 0 aromatic carbocycles. The summed E-state index contributed by atoms with van der Waals surface area (Å²) in [6.45, 7) is 4.68. The molecular formula is C13H20N4O. The number of nitrogens with two attached hydrogens (primary N) is 1. The molecule has 0 radical (unpaired) electrons. The van der Waals surface area contributed by atoms with Gasteiger partial charge in [0.05, 0.1) is 24.1 Å².